The number of rotatable bonds is 11. The second-order valence-corrected chi connectivity index (χ2v) is 14.6. The Morgan fingerprint density at radius 3 is 2.04 bits per heavy atom. The van der Waals surface area contributed by atoms with Gasteiger partial charge in [0.2, 0.25) is 11.8 Å². The van der Waals surface area contributed by atoms with E-state index < -0.39 is 40.0 Å². The first-order chi connectivity index (χ1) is 21.6. The van der Waals surface area contributed by atoms with Crippen LogP contribution in [0.1, 0.15) is 38.8 Å². The number of hydrogen-bond acceptors (Lipinski definition) is 5. The van der Waals surface area contributed by atoms with Gasteiger partial charge in [0.1, 0.15) is 24.1 Å². The number of nitrogens with one attached hydrogen (secondary N) is 1. The number of anilines is 1. The Morgan fingerprint density at radius 1 is 0.848 bits per heavy atom. The number of sulfonamides is 1. The molecule has 0 fully saturated rings. The number of halogens is 2. The third kappa shape index (κ3) is 9.02. The van der Waals surface area contributed by atoms with E-state index in [4.69, 9.17) is 27.9 Å². The lowest BCUT2D eigenvalue weighted by molar-refractivity contribution is -0.140. The van der Waals surface area contributed by atoms with Crippen LogP contribution < -0.4 is 14.4 Å². The Balaban J connectivity index is 1.72. The zero-order valence-electron chi connectivity index (χ0n) is 26.3. The molecule has 0 radical (unpaired) electrons. The quantitative estimate of drug-likeness (QED) is 0.176. The highest BCUT2D eigenvalue weighted by molar-refractivity contribution is 7.92. The van der Waals surface area contributed by atoms with Crippen LogP contribution in [0.4, 0.5) is 5.69 Å². The summed E-state index contributed by atoms with van der Waals surface area (Å²) >= 11 is 12.4. The third-order valence-corrected chi connectivity index (χ3v) is 9.52. The first kappa shape index (κ1) is 34.8. The maximum atomic E-state index is 14.2. The van der Waals surface area contributed by atoms with E-state index in [1.807, 2.05) is 45.9 Å². The third-order valence-electron chi connectivity index (χ3n) is 6.99. The number of aryl methyl sites for hydroxylation is 1. The van der Waals surface area contributed by atoms with Crippen LogP contribution in [-0.4, -0.2) is 43.3 Å². The fraction of sp³-hybridized carbons (Fsp3) is 0.257. The normalized spacial score (nSPS) is 12.2. The number of hydrogen-bond donors (Lipinski definition) is 1. The van der Waals surface area contributed by atoms with Gasteiger partial charge in [-0.15, -0.1) is 0 Å². The predicted octanol–water partition coefficient (Wildman–Crippen LogP) is 7.62. The molecule has 0 aliphatic rings. The highest BCUT2D eigenvalue weighted by atomic mass is 35.5. The molecular formula is C35H37Cl2N3O5S. The van der Waals surface area contributed by atoms with Gasteiger partial charge in [-0.05, 0) is 101 Å². The van der Waals surface area contributed by atoms with Crippen molar-refractivity contribution in [3.8, 4) is 11.5 Å². The van der Waals surface area contributed by atoms with E-state index in [1.54, 1.807) is 73.7 Å². The molecular weight excluding hydrogens is 645 g/mol. The van der Waals surface area contributed by atoms with Gasteiger partial charge < -0.3 is 15.0 Å². The monoisotopic (exact) mass is 681 g/mol. The van der Waals surface area contributed by atoms with Crippen LogP contribution in [-0.2, 0) is 26.2 Å². The minimum absolute atomic E-state index is 0.0171. The molecule has 0 saturated heterocycles. The molecule has 46 heavy (non-hydrogen) atoms. The molecule has 0 unspecified atom stereocenters. The zero-order valence-corrected chi connectivity index (χ0v) is 28.7. The van der Waals surface area contributed by atoms with Crippen LogP contribution >= 0.6 is 23.2 Å². The van der Waals surface area contributed by atoms with Crippen LogP contribution in [0.2, 0.25) is 10.0 Å². The second kappa shape index (κ2) is 14.6. The van der Waals surface area contributed by atoms with Gasteiger partial charge in [0.25, 0.3) is 10.0 Å². The number of benzene rings is 4. The summed E-state index contributed by atoms with van der Waals surface area (Å²) in [4.78, 5) is 28.9. The summed E-state index contributed by atoms with van der Waals surface area (Å²) in [6.45, 7) is 8.37. The van der Waals surface area contributed by atoms with Crippen molar-refractivity contribution in [3.05, 3.63) is 118 Å². The van der Waals surface area contributed by atoms with Crippen LogP contribution in [0.25, 0.3) is 0 Å². The van der Waals surface area contributed by atoms with Crippen molar-refractivity contribution >= 4 is 50.7 Å². The first-order valence-corrected chi connectivity index (χ1v) is 16.8. The molecule has 0 saturated carbocycles. The molecule has 0 aromatic heterocycles. The molecule has 242 valence electrons. The number of para-hydroxylation sites is 1. The molecule has 4 aromatic rings. The lowest BCUT2D eigenvalue weighted by atomic mass is 10.1. The summed E-state index contributed by atoms with van der Waals surface area (Å²) in [5.74, 6) is 0.122. The van der Waals surface area contributed by atoms with Crippen molar-refractivity contribution in [1.82, 2.24) is 10.2 Å². The van der Waals surface area contributed by atoms with E-state index in [0.29, 0.717) is 27.1 Å². The molecule has 0 heterocycles. The molecule has 0 spiro atoms. The van der Waals surface area contributed by atoms with Crippen LogP contribution in [0.5, 0.6) is 11.5 Å². The van der Waals surface area contributed by atoms with Gasteiger partial charge in [-0.1, -0.05) is 65.2 Å². The average molecular weight is 683 g/mol. The standard InChI is InChI=1S/C35H37Cl2N3O5S/c1-24-11-18-30(19-12-24)46(43,44)40(27-14-16-29(17-15-27)45-28-9-7-6-8-10-28)23-33(41)39(25(2)34(42)38-35(3,4)5)22-26-13-20-31(36)32(37)21-26/h6-21,25H,22-23H2,1-5H3,(H,38,42)/t25-/m0/s1. The highest BCUT2D eigenvalue weighted by Crippen LogP contribution is 2.29. The van der Waals surface area contributed by atoms with Crippen LogP contribution in [0, 0.1) is 6.92 Å². The molecule has 11 heteroatoms. The molecule has 1 N–H and O–H groups in total. The SMILES string of the molecule is Cc1ccc(S(=O)(=O)N(CC(=O)N(Cc2ccc(Cl)c(Cl)c2)[C@@H](C)C(=O)NC(C)(C)C)c2ccc(Oc3ccccc3)cc2)cc1. The zero-order chi connectivity index (χ0) is 33.6. The van der Waals surface area contributed by atoms with Crippen molar-refractivity contribution in [3.63, 3.8) is 0 Å². The van der Waals surface area contributed by atoms with E-state index in [1.165, 1.54) is 17.0 Å². The second-order valence-electron chi connectivity index (χ2n) is 11.9. The van der Waals surface area contributed by atoms with Gasteiger partial charge in [-0.2, -0.15) is 0 Å². The van der Waals surface area contributed by atoms with Crippen molar-refractivity contribution in [2.24, 2.45) is 0 Å². The molecule has 0 aliphatic carbocycles. The van der Waals surface area contributed by atoms with Gasteiger partial charge >= 0.3 is 0 Å². The lowest BCUT2D eigenvalue weighted by Crippen LogP contribution is -2.54. The van der Waals surface area contributed by atoms with Crippen molar-refractivity contribution in [2.45, 2.75) is 57.6 Å². The summed E-state index contributed by atoms with van der Waals surface area (Å²) < 4.78 is 35.2. The Morgan fingerprint density at radius 2 is 1.46 bits per heavy atom. The first-order valence-electron chi connectivity index (χ1n) is 14.6. The number of carbonyl (C=O) groups excluding carboxylic acids is 2. The summed E-state index contributed by atoms with van der Waals surface area (Å²) in [6, 6.07) is 26.0. The molecule has 1 atom stereocenters. The minimum Gasteiger partial charge on any atom is -0.457 e. The van der Waals surface area contributed by atoms with Crippen molar-refractivity contribution in [1.29, 1.82) is 0 Å². The van der Waals surface area contributed by atoms with Crippen molar-refractivity contribution < 1.29 is 22.7 Å². The Labute approximate surface area is 280 Å². The van der Waals surface area contributed by atoms with Gasteiger partial charge in [0, 0.05) is 12.1 Å². The number of carbonyl (C=O) groups is 2. The average Bonchev–Trinajstić information content (AvgIpc) is 3.00. The number of ether oxygens (including phenoxy) is 1. The fourth-order valence-electron chi connectivity index (χ4n) is 4.56. The van der Waals surface area contributed by atoms with Crippen LogP contribution in [0.15, 0.2) is 102 Å². The highest BCUT2D eigenvalue weighted by Gasteiger charge is 2.33. The largest absolute Gasteiger partial charge is 0.457 e. The predicted molar refractivity (Wildman–Crippen MR) is 183 cm³/mol. The van der Waals surface area contributed by atoms with Gasteiger partial charge in [0.05, 0.1) is 20.6 Å². The molecule has 0 aliphatic heterocycles. The molecule has 4 rings (SSSR count). The Hall–Kier alpha value is -4.05. The molecule has 2 amide bonds. The number of amides is 2. The maximum absolute atomic E-state index is 14.2. The Bertz CT molecular complexity index is 1780. The molecule has 4 aromatic carbocycles. The van der Waals surface area contributed by atoms with E-state index in [-0.39, 0.29) is 17.1 Å². The topological polar surface area (TPSA) is 96.0 Å². The van der Waals surface area contributed by atoms with Crippen molar-refractivity contribution in [2.75, 3.05) is 10.8 Å². The summed E-state index contributed by atoms with van der Waals surface area (Å²) in [6.07, 6.45) is 0. The Kier molecular flexibility index (Phi) is 11.0. The smallest absolute Gasteiger partial charge is 0.264 e. The van der Waals surface area contributed by atoms with E-state index in [2.05, 4.69) is 5.32 Å². The van der Waals surface area contributed by atoms with E-state index in [9.17, 15) is 18.0 Å². The lowest BCUT2D eigenvalue weighted by Gasteiger charge is -2.33. The molecule has 0 bridgehead atoms. The summed E-state index contributed by atoms with van der Waals surface area (Å²) in [5.41, 5.74) is 1.19. The van der Waals surface area contributed by atoms with Crippen LogP contribution in [0.3, 0.4) is 0 Å². The van der Waals surface area contributed by atoms with E-state index in [0.717, 1.165) is 9.87 Å². The summed E-state index contributed by atoms with van der Waals surface area (Å²) in [5, 5.41) is 3.54. The van der Waals surface area contributed by atoms with Gasteiger partial charge in [0.15, 0.2) is 0 Å². The number of nitrogens with zero attached hydrogens (tertiary/aromatic N) is 2. The van der Waals surface area contributed by atoms with Gasteiger partial charge in [-0.3, -0.25) is 13.9 Å². The van der Waals surface area contributed by atoms with E-state index >= 15 is 0 Å². The molecule has 8 nitrogen and oxygen atoms in total. The van der Waals surface area contributed by atoms with Gasteiger partial charge in [-0.25, -0.2) is 8.42 Å². The minimum atomic E-state index is -4.23. The maximum Gasteiger partial charge on any atom is 0.264 e. The summed E-state index contributed by atoms with van der Waals surface area (Å²) in [7, 11) is -4.23. The fourth-order valence-corrected chi connectivity index (χ4v) is 6.30.